The molecule has 0 bridgehead atoms. The Labute approximate surface area is 230 Å². The van der Waals surface area contributed by atoms with Crippen LogP contribution in [0.4, 0.5) is 30.7 Å². The van der Waals surface area contributed by atoms with Gasteiger partial charge in [0.15, 0.2) is 15.7 Å². The van der Waals surface area contributed by atoms with Crippen LogP contribution in [0.1, 0.15) is 37.9 Å². The van der Waals surface area contributed by atoms with Gasteiger partial charge in [-0.05, 0) is 36.1 Å². The molecule has 5 rings (SSSR count). The highest BCUT2D eigenvalue weighted by atomic mass is 32.2. The van der Waals surface area contributed by atoms with Crippen molar-refractivity contribution in [3.63, 3.8) is 0 Å². The number of rotatable bonds is 7. The van der Waals surface area contributed by atoms with Crippen molar-refractivity contribution in [3.8, 4) is 22.6 Å². The normalized spacial score (nSPS) is 15.9. The van der Waals surface area contributed by atoms with Gasteiger partial charge in [0.1, 0.15) is 11.4 Å². The van der Waals surface area contributed by atoms with Crippen molar-refractivity contribution < 1.29 is 39.2 Å². The molecule has 0 atom stereocenters. The third-order valence-electron chi connectivity index (χ3n) is 7.59. The Morgan fingerprint density at radius 2 is 1.56 bits per heavy atom. The molecule has 0 saturated heterocycles. The summed E-state index contributed by atoms with van der Waals surface area (Å²) in [5, 5.41) is 0. The van der Waals surface area contributed by atoms with Gasteiger partial charge in [-0.2, -0.15) is 22.0 Å². The molecule has 1 saturated carbocycles. The minimum atomic E-state index is -5.88. The van der Waals surface area contributed by atoms with E-state index >= 15 is 0 Å². The first-order chi connectivity index (χ1) is 18.9. The van der Waals surface area contributed by atoms with Crippen LogP contribution in [-0.4, -0.2) is 45.8 Å². The molecular weight excluding hydrogens is 577 g/mol. The third kappa shape index (κ3) is 4.65. The number of aromatic nitrogens is 4. The molecule has 1 fully saturated rings. The number of benzene rings is 1. The highest BCUT2D eigenvalue weighted by Crippen LogP contribution is 2.58. The summed E-state index contributed by atoms with van der Waals surface area (Å²) in [5.41, 5.74) is -1.74. The molecule has 0 N–H and O–H groups in total. The van der Waals surface area contributed by atoms with Crippen molar-refractivity contribution in [1.29, 1.82) is 0 Å². The summed E-state index contributed by atoms with van der Waals surface area (Å²) in [4.78, 5) is 11.5. The number of alkyl halides is 7. The Morgan fingerprint density at radius 3 is 2.10 bits per heavy atom. The van der Waals surface area contributed by atoms with E-state index in [-0.39, 0.29) is 33.2 Å². The van der Waals surface area contributed by atoms with Gasteiger partial charge in [0.05, 0.1) is 33.3 Å². The number of pyridine rings is 2. The first kappa shape index (κ1) is 29.0. The summed E-state index contributed by atoms with van der Waals surface area (Å²) in [6.07, 6.45) is -3.01. The number of imidazole rings is 1. The van der Waals surface area contributed by atoms with Crippen LogP contribution in [0.3, 0.4) is 0 Å². The molecule has 1 aromatic carbocycles. The SMILES string of the molecule is CCS(=O)(=O)c1cc(-c2ccc(C3(C(C)(F)F)CC3)cc2)cnc1-c1nc2cc(C(F)(F)C(F)(F)F)ncc2n1C. The lowest BCUT2D eigenvalue weighted by Crippen LogP contribution is -2.34. The Hall–Kier alpha value is -3.55. The quantitative estimate of drug-likeness (QED) is 0.217. The van der Waals surface area contributed by atoms with E-state index < -0.39 is 39.0 Å². The van der Waals surface area contributed by atoms with E-state index in [0.717, 1.165) is 13.1 Å². The Morgan fingerprint density at radius 1 is 0.927 bits per heavy atom. The van der Waals surface area contributed by atoms with E-state index in [1.807, 2.05) is 0 Å². The van der Waals surface area contributed by atoms with Crippen LogP contribution in [0.25, 0.3) is 33.7 Å². The van der Waals surface area contributed by atoms with Crippen LogP contribution in [0.5, 0.6) is 0 Å². The molecule has 6 nitrogen and oxygen atoms in total. The number of fused-ring (bicyclic) bond motifs is 1. The van der Waals surface area contributed by atoms with Crippen LogP contribution in [0.2, 0.25) is 0 Å². The maximum Gasteiger partial charge on any atom is 0.459 e. The molecule has 1 aliphatic rings. The number of halogens is 7. The largest absolute Gasteiger partial charge is 0.459 e. The first-order valence-corrected chi connectivity index (χ1v) is 14.1. The van der Waals surface area contributed by atoms with Gasteiger partial charge in [-0.15, -0.1) is 0 Å². The molecule has 0 radical (unpaired) electrons. The van der Waals surface area contributed by atoms with Gasteiger partial charge in [-0.1, -0.05) is 31.2 Å². The number of sulfone groups is 1. The van der Waals surface area contributed by atoms with Gasteiger partial charge in [0.25, 0.3) is 5.92 Å². The van der Waals surface area contributed by atoms with Crippen molar-refractivity contribution in [2.75, 3.05) is 5.75 Å². The fourth-order valence-electron chi connectivity index (χ4n) is 4.87. The zero-order valence-electron chi connectivity index (χ0n) is 21.9. The average molecular weight is 601 g/mol. The molecule has 41 heavy (non-hydrogen) atoms. The molecule has 0 amide bonds. The van der Waals surface area contributed by atoms with Gasteiger partial charge in [-0.25, -0.2) is 22.2 Å². The highest BCUT2D eigenvalue weighted by Gasteiger charge is 2.60. The zero-order chi connectivity index (χ0) is 30.2. The van der Waals surface area contributed by atoms with E-state index in [4.69, 9.17) is 0 Å². The summed E-state index contributed by atoms with van der Waals surface area (Å²) >= 11 is 0. The minimum absolute atomic E-state index is 0.0739. The number of nitrogens with zero attached hydrogens (tertiary/aromatic N) is 4. The van der Waals surface area contributed by atoms with Crippen LogP contribution in [0, 0.1) is 0 Å². The minimum Gasteiger partial charge on any atom is -0.324 e. The molecule has 14 heteroatoms. The Bertz CT molecular complexity index is 1760. The van der Waals surface area contributed by atoms with E-state index in [9.17, 15) is 39.2 Å². The van der Waals surface area contributed by atoms with E-state index in [0.29, 0.717) is 35.6 Å². The Kier molecular flexibility index (Phi) is 6.52. The summed E-state index contributed by atoms with van der Waals surface area (Å²) in [5.74, 6) is -8.54. The summed E-state index contributed by atoms with van der Waals surface area (Å²) in [7, 11) is -2.53. The fraction of sp³-hybridized carbons (Fsp3) is 0.370. The van der Waals surface area contributed by atoms with Crippen molar-refractivity contribution in [1.82, 2.24) is 19.5 Å². The molecule has 4 aromatic rings. The van der Waals surface area contributed by atoms with Crippen molar-refractivity contribution >= 4 is 20.9 Å². The molecule has 1 aliphatic carbocycles. The van der Waals surface area contributed by atoms with Crippen LogP contribution in [0.15, 0.2) is 53.7 Å². The summed E-state index contributed by atoms with van der Waals surface area (Å²) in [6.45, 7) is 2.29. The molecule has 0 aliphatic heterocycles. The second-order valence-corrected chi connectivity index (χ2v) is 12.4. The van der Waals surface area contributed by atoms with Crippen molar-refractivity contribution in [2.45, 2.75) is 55.0 Å². The number of hydrogen-bond acceptors (Lipinski definition) is 5. The van der Waals surface area contributed by atoms with Gasteiger partial charge in [0, 0.05) is 25.7 Å². The lowest BCUT2D eigenvalue weighted by molar-refractivity contribution is -0.290. The number of hydrogen-bond donors (Lipinski definition) is 0. The highest BCUT2D eigenvalue weighted by molar-refractivity contribution is 7.91. The smallest absolute Gasteiger partial charge is 0.324 e. The monoisotopic (exact) mass is 600 g/mol. The Balaban J connectivity index is 1.60. The maximum atomic E-state index is 14.2. The third-order valence-corrected chi connectivity index (χ3v) is 9.33. The molecular formula is C27H23F7N4O2S. The van der Waals surface area contributed by atoms with Gasteiger partial charge >= 0.3 is 12.1 Å². The van der Waals surface area contributed by atoms with Gasteiger partial charge in [0.2, 0.25) is 0 Å². The molecule has 218 valence electrons. The molecule has 0 spiro atoms. The summed E-state index contributed by atoms with van der Waals surface area (Å²) in [6, 6.07) is 8.20. The van der Waals surface area contributed by atoms with E-state index in [1.54, 1.807) is 24.3 Å². The fourth-order valence-corrected chi connectivity index (χ4v) is 5.92. The topological polar surface area (TPSA) is 77.7 Å². The van der Waals surface area contributed by atoms with E-state index in [2.05, 4.69) is 15.0 Å². The van der Waals surface area contributed by atoms with Crippen molar-refractivity contribution in [3.05, 3.63) is 60.0 Å². The van der Waals surface area contributed by atoms with Crippen LogP contribution >= 0.6 is 0 Å². The molecule has 3 aromatic heterocycles. The molecule has 3 heterocycles. The van der Waals surface area contributed by atoms with Crippen LogP contribution < -0.4 is 0 Å². The number of aryl methyl sites for hydroxylation is 1. The van der Waals surface area contributed by atoms with E-state index in [1.165, 1.54) is 30.8 Å². The second kappa shape index (κ2) is 9.23. The van der Waals surface area contributed by atoms with Crippen LogP contribution in [-0.2, 0) is 28.2 Å². The van der Waals surface area contributed by atoms with Crippen molar-refractivity contribution in [2.24, 2.45) is 7.05 Å². The standard InChI is InChI=1S/C27H23F7N4O2S/c1-4-41(39,40)20-11-16(15-5-7-17(8-6-15)25(9-10-25)24(2,28)29)13-36-22(20)23-37-18-12-21(26(30,31)27(32,33)34)35-14-19(18)38(23)3/h5-8,11-14H,4,9-10H2,1-3H3. The second-order valence-electron chi connectivity index (χ2n) is 10.1. The first-order valence-electron chi connectivity index (χ1n) is 12.4. The maximum absolute atomic E-state index is 14.2. The average Bonchev–Trinajstić information content (AvgIpc) is 3.67. The zero-order valence-corrected chi connectivity index (χ0v) is 22.7. The van der Waals surface area contributed by atoms with Gasteiger partial charge in [-0.3, -0.25) is 9.97 Å². The predicted octanol–water partition coefficient (Wildman–Crippen LogP) is 6.83. The van der Waals surface area contributed by atoms with Gasteiger partial charge < -0.3 is 4.57 Å². The summed E-state index contributed by atoms with van der Waals surface area (Å²) < 4.78 is 122. The lowest BCUT2D eigenvalue weighted by atomic mass is 9.89. The molecule has 0 unspecified atom stereocenters. The lowest BCUT2D eigenvalue weighted by Gasteiger charge is -2.23. The predicted molar refractivity (Wildman–Crippen MR) is 136 cm³/mol.